The fourth-order valence-electron chi connectivity index (χ4n) is 2.61. The van der Waals surface area contributed by atoms with Crippen LogP contribution in [0.5, 0.6) is 0 Å². The average Bonchev–Trinajstić information content (AvgIpc) is 3.00. The highest BCUT2D eigenvalue weighted by Gasteiger charge is 2.35. The first-order valence-electron chi connectivity index (χ1n) is 7.87. The molecule has 1 aliphatic heterocycles. The minimum Gasteiger partial charge on any atom is -0.219 e. The van der Waals surface area contributed by atoms with Crippen LogP contribution in [0.15, 0.2) is 37.7 Å². The fourth-order valence-corrected chi connectivity index (χ4v) is 4.39. The van der Waals surface area contributed by atoms with Gasteiger partial charge in [0.25, 0.3) is 5.50 Å². The van der Waals surface area contributed by atoms with Crippen molar-refractivity contribution in [1.82, 2.24) is 0 Å². The van der Waals surface area contributed by atoms with E-state index in [1.165, 1.54) is 0 Å². The summed E-state index contributed by atoms with van der Waals surface area (Å²) in [4.78, 5) is 0.344. The third-order valence-electron chi connectivity index (χ3n) is 3.98. The molecule has 126 valence electrons. The quantitative estimate of drug-likeness (QED) is 0.762. The third kappa shape index (κ3) is 3.34. The molecule has 1 aromatic rings. The van der Waals surface area contributed by atoms with Crippen molar-refractivity contribution in [2.75, 3.05) is 0 Å². The Hall–Kier alpha value is -1.63. The summed E-state index contributed by atoms with van der Waals surface area (Å²) in [5.41, 5.74) is 1.52. The van der Waals surface area contributed by atoms with Crippen molar-refractivity contribution in [1.29, 1.82) is 0 Å². The van der Waals surface area contributed by atoms with E-state index in [0.717, 1.165) is 16.7 Å². The second kappa shape index (κ2) is 6.47. The molecular weight excluding hydrogens is 312 g/mol. The Balaban J connectivity index is 2.79. The van der Waals surface area contributed by atoms with Gasteiger partial charge >= 0.3 is 0 Å². The molecule has 0 spiro atoms. The maximum atomic E-state index is 13.1. The zero-order valence-electron chi connectivity index (χ0n) is 14.5. The van der Waals surface area contributed by atoms with Crippen LogP contribution in [0.25, 0.3) is 0 Å². The molecule has 0 saturated carbocycles. The number of hydrogen-bond donors (Lipinski definition) is 0. The lowest BCUT2D eigenvalue weighted by Crippen LogP contribution is -2.20. The van der Waals surface area contributed by atoms with Gasteiger partial charge in [0.15, 0.2) is 0 Å². The summed E-state index contributed by atoms with van der Waals surface area (Å²) in [7, 11) is -3.75. The molecule has 23 heavy (non-hydrogen) atoms. The summed E-state index contributed by atoms with van der Waals surface area (Å²) in [5, 5.41) is 14.0. The molecule has 0 N–H and O–H groups in total. The standard InChI is InChI=1S/C16H24N4O2S/c1-9(2)12-7-13(10(3)4)15(14(8-12)11(5)6)23(21,22)16-17-19-20-18-16/h7-11,16H,1-6H3. The lowest BCUT2D eigenvalue weighted by Gasteiger charge is -2.22. The van der Waals surface area contributed by atoms with Crippen molar-refractivity contribution in [3.05, 3.63) is 28.8 Å². The van der Waals surface area contributed by atoms with Gasteiger partial charge in [-0.2, -0.15) is 0 Å². The Labute approximate surface area is 138 Å². The molecular formula is C16H24N4O2S. The van der Waals surface area contributed by atoms with E-state index >= 15 is 0 Å². The van der Waals surface area contributed by atoms with Crippen molar-refractivity contribution in [3.63, 3.8) is 0 Å². The van der Waals surface area contributed by atoms with Crippen LogP contribution in [0.2, 0.25) is 0 Å². The molecule has 0 fully saturated rings. The number of rotatable bonds is 5. The second-order valence-electron chi connectivity index (χ2n) is 6.77. The SMILES string of the molecule is CC(C)c1cc(C(C)C)c(S(=O)(=O)C2N=NN=N2)c(C(C)C)c1. The molecule has 1 aliphatic rings. The minimum atomic E-state index is -3.75. The van der Waals surface area contributed by atoms with E-state index in [1.807, 2.05) is 39.8 Å². The summed E-state index contributed by atoms with van der Waals surface area (Å²) in [6.07, 6.45) is 0. The summed E-state index contributed by atoms with van der Waals surface area (Å²) < 4.78 is 26.1. The molecule has 0 unspecified atom stereocenters. The van der Waals surface area contributed by atoms with E-state index in [-0.39, 0.29) is 11.8 Å². The monoisotopic (exact) mass is 336 g/mol. The average molecular weight is 336 g/mol. The van der Waals surface area contributed by atoms with Crippen LogP contribution in [0.4, 0.5) is 0 Å². The molecule has 2 rings (SSSR count). The maximum Gasteiger partial charge on any atom is 0.288 e. The Morgan fingerprint density at radius 1 is 0.826 bits per heavy atom. The Morgan fingerprint density at radius 3 is 1.61 bits per heavy atom. The van der Waals surface area contributed by atoms with Crippen LogP contribution in [0.1, 0.15) is 76.0 Å². The maximum absolute atomic E-state index is 13.1. The molecule has 0 radical (unpaired) electrons. The summed E-state index contributed by atoms with van der Waals surface area (Å²) >= 11 is 0. The zero-order chi connectivity index (χ0) is 17.4. The van der Waals surface area contributed by atoms with Gasteiger partial charge in [0, 0.05) is 0 Å². The largest absolute Gasteiger partial charge is 0.288 e. The topological polar surface area (TPSA) is 83.6 Å². The molecule has 0 aliphatic carbocycles. The highest BCUT2D eigenvalue weighted by atomic mass is 32.2. The molecule has 0 aromatic heterocycles. The van der Waals surface area contributed by atoms with Crippen LogP contribution < -0.4 is 0 Å². The lowest BCUT2D eigenvalue weighted by molar-refractivity contribution is 0.577. The van der Waals surface area contributed by atoms with Gasteiger partial charge in [-0.25, -0.2) is 8.42 Å². The van der Waals surface area contributed by atoms with Gasteiger partial charge < -0.3 is 0 Å². The molecule has 1 aromatic carbocycles. The normalized spacial score (nSPS) is 15.5. The van der Waals surface area contributed by atoms with E-state index in [9.17, 15) is 8.42 Å². The van der Waals surface area contributed by atoms with Gasteiger partial charge in [0.2, 0.25) is 9.84 Å². The molecule has 0 atom stereocenters. The first-order valence-corrected chi connectivity index (χ1v) is 9.42. The Bertz CT molecular complexity index is 708. The van der Waals surface area contributed by atoms with Gasteiger partial charge in [-0.1, -0.05) is 53.7 Å². The first-order chi connectivity index (χ1) is 10.7. The van der Waals surface area contributed by atoms with Crippen LogP contribution in [-0.2, 0) is 9.84 Å². The number of benzene rings is 1. The van der Waals surface area contributed by atoms with Crippen molar-refractivity contribution in [2.24, 2.45) is 20.7 Å². The molecule has 0 bridgehead atoms. The molecule has 0 saturated heterocycles. The Kier molecular flexibility index (Phi) is 4.98. The number of nitrogens with zero attached hydrogens (tertiary/aromatic N) is 4. The van der Waals surface area contributed by atoms with Gasteiger partial charge in [0.1, 0.15) is 0 Å². The predicted octanol–water partition coefficient (Wildman–Crippen LogP) is 4.95. The van der Waals surface area contributed by atoms with E-state index in [0.29, 0.717) is 10.8 Å². The van der Waals surface area contributed by atoms with E-state index in [2.05, 4.69) is 34.5 Å². The highest BCUT2D eigenvalue weighted by Crippen LogP contribution is 2.37. The van der Waals surface area contributed by atoms with Crippen LogP contribution in [0, 0.1) is 0 Å². The third-order valence-corrected chi connectivity index (χ3v) is 5.77. The summed E-state index contributed by atoms with van der Waals surface area (Å²) in [5.74, 6) is 0.477. The van der Waals surface area contributed by atoms with Gasteiger partial charge in [0.05, 0.1) is 4.90 Å². The van der Waals surface area contributed by atoms with Gasteiger partial charge in [-0.05, 0) is 44.9 Å². The minimum absolute atomic E-state index is 0.0752. The zero-order valence-corrected chi connectivity index (χ0v) is 15.3. The van der Waals surface area contributed by atoms with Crippen LogP contribution >= 0.6 is 0 Å². The molecule has 0 amide bonds. The summed E-state index contributed by atoms with van der Waals surface area (Å²) in [6.45, 7) is 12.2. The smallest absolute Gasteiger partial charge is 0.219 e. The Morgan fingerprint density at radius 2 is 1.26 bits per heavy atom. The van der Waals surface area contributed by atoms with Crippen molar-refractivity contribution < 1.29 is 8.42 Å². The fraction of sp³-hybridized carbons (Fsp3) is 0.625. The number of sulfone groups is 1. The molecule has 6 nitrogen and oxygen atoms in total. The van der Waals surface area contributed by atoms with Crippen molar-refractivity contribution >= 4 is 9.84 Å². The predicted molar refractivity (Wildman–Crippen MR) is 89.4 cm³/mol. The van der Waals surface area contributed by atoms with E-state index in [1.54, 1.807) is 0 Å². The second-order valence-corrected chi connectivity index (χ2v) is 8.69. The summed E-state index contributed by atoms with van der Waals surface area (Å²) in [6, 6.07) is 3.99. The van der Waals surface area contributed by atoms with Gasteiger partial charge in [-0.3, -0.25) is 0 Å². The molecule has 1 heterocycles. The first kappa shape index (κ1) is 17.7. The van der Waals surface area contributed by atoms with Crippen molar-refractivity contribution in [2.45, 2.75) is 69.7 Å². The van der Waals surface area contributed by atoms with Crippen molar-refractivity contribution in [3.8, 4) is 0 Å². The van der Waals surface area contributed by atoms with Crippen LogP contribution in [-0.4, -0.2) is 13.9 Å². The highest BCUT2D eigenvalue weighted by molar-refractivity contribution is 7.92. The van der Waals surface area contributed by atoms with Gasteiger partial charge in [-0.15, -0.1) is 10.2 Å². The molecule has 7 heteroatoms. The number of hydrogen-bond acceptors (Lipinski definition) is 6. The van der Waals surface area contributed by atoms with Crippen LogP contribution in [0.3, 0.4) is 0 Å². The van der Waals surface area contributed by atoms with E-state index in [4.69, 9.17) is 0 Å². The lowest BCUT2D eigenvalue weighted by atomic mass is 9.89. The van der Waals surface area contributed by atoms with E-state index < -0.39 is 15.3 Å².